The summed E-state index contributed by atoms with van der Waals surface area (Å²) < 4.78 is 2.50. The smallest absolute Gasteiger partial charge is 0.193 e. The zero-order valence-corrected chi connectivity index (χ0v) is 10.4. The average molecular weight is 224 g/mol. The summed E-state index contributed by atoms with van der Waals surface area (Å²) in [5.74, 6) is 0.463. The summed E-state index contributed by atoms with van der Waals surface area (Å²) in [5.41, 5.74) is 4.27. The highest BCUT2D eigenvalue weighted by atomic mass is 15.1. The normalized spacial score (nSPS) is 22.6. The fourth-order valence-corrected chi connectivity index (χ4v) is 2.81. The molecule has 17 heavy (non-hydrogen) atoms. The van der Waals surface area contributed by atoms with E-state index in [1.165, 1.54) is 23.4 Å². The Kier molecular flexibility index (Phi) is 2.47. The summed E-state index contributed by atoms with van der Waals surface area (Å²) in [7, 11) is 0. The molecule has 0 bridgehead atoms. The summed E-state index contributed by atoms with van der Waals surface area (Å²) in [5, 5.41) is 0. The van der Waals surface area contributed by atoms with E-state index in [-0.39, 0.29) is 0 Å². The first-order valence-corrected chi connectivity index (χ1v) is 6.42. The van der Waals surface area contributed by atoms with Gasteiger partial charge in [0.1, 0.15) is 0 Å². The number of para-hydroxylation sites is 1. The predicted molar refractivity (Wildman–Crippen MR) is 72.1 cm³/mol. The molecule has 2 unspecified atom stereocenters. The molecular formula is C16H18N+. The first-order valence-electron chi connectivity index (χ1n) is 6.42. The van der Waals surface area contributed by atoms with E-state index in [1.807, 2.05) is 0 Å². The molecule has 1 heteroatoms. The maximum absolute atomic E-state index is 2.50. The molecule has 0 spiro atoms. The van der Waals surface area contributed by atoms with E-state index >= 15 is 0 Å². The summed E-state index contributed by atoms with van der Waals surface area (Å²) in [6.07, 6.45) is 10.0. The van der Waals surface area contributed by atoms with Gasteiger partial charge < -0.3 is 0 Å². The SMILES string of the molecule is CCC(C)[N+]1=C2C=CC=CC2c2ccccc21. The fraction of sp³-hybridized carbons (Fsp3) is 0.312. The minimum Gasteiger partial charge on any atom is -0.193 e. The van der Waals surface area contributed by atoms with Crippen molar-refractivity contribution in [2.75, 3.05) is 0 Å². The molecule has 1 aliphatic heterocycles. The number of hydrogen-bond donors (Lipinski definition) is 0. The van der Waals surface area contributed by atoms with Gasteiger partial charge >= 0.3 is 0 Å². The van der Waals surface area contributed by atoms with Gasteiger partial charge in [-0.05, 0) is 6.92 Å². The molecule has 0 amide bonds. The molecule has 3 rings (SSSR count). The first kappa shape index (κ1) is 10.5. The predicted octanol–water partition coefficient (Wildman–Crippen LogP) is 3.79. The molecule has 0 radical (unpaired) electrons. The maximum Gasteiger partial charge on any atom is 0.210 e. The van der Waals surface area contributed by atoms with Crippen LogP contribution in [0.25, 0.3) is 0 Å². The molecule has 0 N–H and O–H groups in total. The second-order valence-corrected chi connectivity index (χ2v) is 4.83. The Hall–Kier alpha value is -1.63. The van der Waals surface area contributed by atoms with Crippen molar-refractivity contribution < 1.29 is 4.58 Å². The Morgan fingerprint density at radius 2 is 2.06 bits per heavy atom. The molecule has 0 fully saturated rings. The van der Waals surface area contributed by atoms with Crippen molar-refractivity contribution in [1.82, 2.24) is 0 Å². The number of benzene rings is 1. The molecular weight excluding hydrogens is 206 g/mol. The van der Waals surface area contributed by atoms with E-state index in [1.54, 1.807) is 0 Å². The number of nitrogens with zero attached hydrogens (tertiary/aromatic N) is 1. The van der Waals surface area contributed by atoms with Crippen molar-refractivity contribution in [3.63, 3.8) is 0 Å². The largest absolute Gasteiger partial charge is 0.210 e. The zero-order valence-electron chi connectivity index (χ0n) is 10.4. The third-order valence-corrected chi connectivity index (χ3v) is 3.84. The van der Waals surface area contributed by atoms with Crippen molar-refractivity contribution in [3.05, 3.63) is 54.1 Å². The molecule has 1 aromatic carbocycles. The van der Waals surface area contributed by atoms with Crippen LogP contribution in [0.3, 0.4) is 0 Å². The van der Waals surface area contributed by atoms with Crippen molar-refractivity contribution in [3.8, 4) is 0 Å². The fourth-order valence-electron chi connectivity index (χ4n) is 2.81. The van der Waals surface area contributed by atoms with Gasteiger partial charge in [-0.1, -0.05) is 43.4 Å². The molecule has 1 nitrogen and oxygen atoms in total. The van der Waals surface area contributed by atoms with Crippen molar-refractivity contribution in [1.29, 1.82) is 0 Å². The molecule has 86 valence electrons. The lowest BCUT2D eigenvalue weighted by Crippen LogP contribution is -2.23. The Morgan fingerprint density at radius 1 is 1.24 bits per heavy atom. The van der Waals surface area contributed by atoms with Crippen LogP contribution >= 0.6 is 0 Å². The first-order chi connectivity index (χ1) is 8.33. The second-order valence-electron chi connectivity index (χ2n) is 4.83. The lowest BCUT2D eigenvalue weighted by Gasteiger charge is -2.09. The van der Waals surface area contributed by atoms with Gasteiger partial charge in [0.05, 0.1) is 5.92 Å². The minimum atomic E-state index is 0.463. The van der Waals surface area contributed by atoms with Gasteiger partial charge in [-0.2, -0.15) is 4.58 Å². The van der Waals surface area contributed by atoms with Gasteiger partial charge in [0.25, 0.3) is 0 Å². The molecule has 0 aromatic heterocycles. The molecule has 1 aromatic rings. The van der Waals surface area contributed by atoms with Crippen LogP contribution in [0.4, 0.5) is 5.69 Å². The maximum atomic E-state index is 2.50. The number of fused-ring (bicyclic) bond motifs is 3. The highest BCUT2D eigenvalue weighted by Gasteiger charge is 2.38. The Bertz CT molecular complexity index is 534. The lowest BCUT2D eigenvalue weighted by molar-refractivity contribution is -0.477. The Morgan fingerprint density at radius 3 is 2.88 bits per heavy atom. The average Bonchev–Trinajstić information content (AvgIpc) is 2.72. The van der Waals surface area contributed by atoms with Crippen LogP contribution in [0.1, 0.15) is 31.7 Å². The summed E-state index contributed by atoms with van der Waals surface area (Å²) in [6.45, 7) is 4.56. The third kappa shape index (κ3) is 1.49. The van der Waals surface area contributed by atoms with Gasteiger partial charge in [-0.25, -0.2) is 0 Å². The van der Waals surface area contributed by atoms with Crippen LogP contribution in [0, 0.1) is 0 Å². The van der Waals surface area contributed by atoms with E-state index in [0.29, 0.717) is 12.0 Å². The standard InChI is InChI=1S/C16H18N/c1-3-12(2)17-15-10-6-4-8-13(15)14-9-5-7-11-16(14)17/h4-13H,3H2,1-2H3/q+1. The third-order valence-electron chi connectivity index (χ3n) is 3.84. The Balaban J connectivity index is 2.22. The van der Waals surface area contributed by atoms with Gasteiger partial charge in [0.2, 0.25) is 5.69 Å². The van der Waals surface area contributed by atoms with E-state index in [9.17, 15) is 0 Å². The monoisotopic (exact) mass is 224 g/mol. The second kappa shape index (κ2) is 3.99. The Labute approximate surface area is 103 Å². The molecule has 1 heterocycles. The summed E-state index contributed by atoms with van der Waals surface area (Å²) in [4.78, 5) is 0. The van der Waals surface area contributed by atoms with Crippen molar-refractivity contribution in [2.45, 2.75) is 32.2 Å². The van der Waals surface area contributed by atoms with Gasteiger partial charge in [-0.3, -0.25) is 0 Å². The zero-order chi connectivity index (χ0) is 11.8. The lowest BCUT2D eigenvalue weighted by atomic mass is 9.93. The molecule has 1 aliphatic carbocycles. The van der Waals surface area contributed by atoms with Crippen LogP contribution in [0.2, 0.25) is 0 Å². The van der Waals surface area contributed by atoms with Crippen LogP contribution in [-0.2, 0) is 0 Å². The molecule has 2 aliphatic rings. The van der Waals surface area contributed by atoms with Gasteiger partial charge in [-0.15, -0.1) is 0 Å². The highest BCUT2D eigenvalue weighted by Crippen LogP contribution is 2.38. The molecule has 0 saturated carbocycles. The molecule has 2 atom stereocenters. The van der Waals surface area contributed by atoms with Crippen molar-refractivity contribution in [2.24, 2.45) is 0 Å². The van der Waals surface area contributed by atoms with E-state index in [0.717, 1.165) is 0 Å². The number of rotatable bonds is 2. The summed E-state index contributed by atoms with van der Waals surface area (Å²) in [6, 6.07) is 9.34. The molecule has 0 saturated heterocycles. The van der Waals surface area contributed by atoms with E-state index < -0.39 is 0 Å². The van der Waals surface area contributed by atoms with Gasteiger partial charge in [0, 0.05) is 24.1 Å². The number of allylic oxidation sites excluding steroid dienone is 4. The van der Waals surface area contributed by atoms with E-state index in [4.69, 9.17) is 0 Å². The topological polar surface area (TPSA) is 3.01 Å². The van der Waals surface area contributed by atoms with Crippen LogP contribution in [0.5, 0.6) is 0 Å². The van der Waals surface area contributed by atoms with Gasteiger partial charge in [0.15, 0.2) is 11.8 Å². The minimum absolute atomic E-state index is 0.463. The quantitative estimate of drug-likeness (QED) is 0.672. The summed E-state index contributed by atoms with van der Waals surface area (Å²) >= 11 is 0. The number of hydrogen-bond acceptors (Lipinski definition) is 0. The highest BCUT2D eigenvalue weighted by molar-refractivity contribution is 6.02. The van der Waals surface area contributed by atoms with Crippen LogP contribution in [-0.4, -0.2) is 16.3 Å². The van der Waals surface area contributed by atoms with E-state index in [2.05, 4.69) is 67.0 Å². The van der Waals surface area contributed by atoms with Crippen molar-refractivity contribution >= 4 is 11.4 Å². The van der Waals surface area contributed by atoms with Crippen LogP contribution < -0.4 is 0 Å². The van der Waals surface area contributed by atoms with Crippen LogP contribution in [0.15, 0.2) is 48.6 Å².